The lowest BCUT2D eigenvalue weighted by molar-refractivity contribution is 0.300. The second kappa shape index (κ2) is 7.77. The van der Waals surface area contributed by atoms with Crippen molar-refractivity contribution in [3.05, 3.63) is 29.6 Å². The molecule has 4 heteroatoms. The zero-order valence-electron chi connectivity index (χ0n) is 11.2. The number of rotatable bonds is 7. The molecule has 0 saturated heterocycles. The Morgan fingerprint density at radius 1 is 1.33 bits per heavy atom. The molecule has 0 aromatic heterocycles. The third-order valence-electron chi connectivity index (χ3n) is 2.46. The lowest BCUT2D eigenvalue weighted by Gasteiger charge is -2.11. The summed E-state index contributed by atoms with van der Waals surface area (Å²) in [6.45, 7) is 7.84. The van der Waals surface area contributed by atoms with E-state index in [2.05, 4.69) is 19.2 Å². The molecule has 102 valence electrons. The topological polar surface area (TPSA) is 32.3 Å². The normalized spacial score (nSPS) is 13.0. The fraction of sp³-hybridized carbons (Fsp3) is 0.571. The Bertz CT molecular complexity index is 371. The van der Waals surface area contributed by atoms with Gasteiger partial charge in [-0.1, -0.05) is 26.8 Å². The fourth-order valence-corrected chi connectivity index (χ4v) is 2.34. The van der Waals surface area contributed by atoms with Gasteiger partial charge in [-0.3, -0.25) is 0 Å². The van der Waals surface area contributed by atoms with Gasteiger partial charge in [0.2, 0.25) is 0 Å². The van der Waals surface area contributed by atoms with Crippen molar-refractivity contribution in [1.29, 1.82) is 0 Å². The summed E-state index contributed by atoms with van der Waals surface area (Å²) >= 11 is 1.36. The van der Waals surface area contributed by atoms with Crippen molar-refractivity contribution in [3.8, 4) is 0 Å². The monoisotopic (exact) mass is 271 g/mol. The number of thioether (sulfide) groups is 1. The zero-order chi connectivity index (χ0) is 13.5. The van der Waals surface area contributed by atoms with Crippen LogP contribution in [0.4, 0.5) is 4.39 Å². The van der Waals surface area contributed by atoms with Crippen molar-refractivity contribution in [2.75, 3.05) is 13.2 Å². The molecule has 0 saturated carbocycles. The van der Waals surface area contributed by atoms with Crippen LogP contribution in [0.2, 0.25) is 0 Å². The van der Waals surface area contributed by atoms with E-state index in [-0.39, 0.29) is 17.7 Å². The minimum Gasteiger partial charge on any atom is -0.395 e. The lowest BCUT2D eigenvalue weighted by Crippen LogP contribution is -2.19. The van der Waals surface area contributed by atoms with Crippen molar-refractivity contribution in [3.63, 3.8) is 0 Å². The van der Waals surface area contributed by atoms with Gasteiger partial charge in [0.05, 0.1) is 6.61 Å². The molecule has 1 atom stereocenters. The first-order valence-electron chi connectivity index (χ1n) is 6.29. The van der Waals surface area contributed by atoms with Crippen LogP contribution in [0.3, 0.4) is 0 Å². The van der Waals surface area contributed by atoms with Crippen molar-refractivity contribution in [2.45, 2.75) is 37.5 Å². The van der Waals surface area contributed by atoms with Gasteiger partial charge >= 0.3 is 0 Å². The maximum atomic E-state index is 13.8. The van der Waals surface area contributed by atoms with E-state index >= 15 is 0 Å². The van der Waals surface area contributed by atoms with Crippen LogP contribution in [0.15, 0.2) is 23.1 Å². The first-order chi connectivity index (χ1) is 8.52. The van der Waals surface area contributed by atoms with Crippen LogP contribution in [-0.2, 0) is 6.54 Å². The lowest BCUT2D eigenvalue weighted by atomic mass is 10.2. The van der Waals surface area contributed by atoms with E-state index in [1.165, 1.54) is 11.8 Å². The summed E-state index contributed by atoms with van der Waals surface area (Å²) in [5.74, 6) is 0.388. The van der Waals surface area contributed by atoms with Gasteiger partial charge in [-0.05, 0) is 30.2 Å². The number of hydrogen-bond donors (Lipinski definition) is 2. The molecule has 0 aliphatic heterocycles. The molecule has 0 aliphatic carbocycles. The van der Waals surface area contributed by atoms with E-state index in [1.54, 1.807) is 12.1 Å². The number of nitrogens with one attached hydrogen (secondary N) is 1. The van der Waals surface area contributed by atoms with E-state index < -0.39 is 0 Å². The highest BCUT2D eigenvalue weighted by molar-refractivity contribution is 8.00. The van der Waals surface area contributed by atoms with Crippen LogP contribution < -0.4 is 5.32 Å². The van der Waals surface area contributed by atoms with Crippen LogP contribution in [0.25, 0.3) is 0 Å². The maximum absolute atomic E-state index is 13.8. The predicted molar refractivity (Wildman–Crippen MR) is 75.3 cm³/mol. The van der Waals surface area contributed by atoms with Gasteiger partial charge in [0, 0.05) is 16.7 Å². The summed E-state index contributed by atoms with van der Waals surface area (Å²) < 4.78 is 13.8. The molecular weight excluding hydrogens is 249 g/mol. The predicted octanol–water partition coefficient (Wildman–Crippen LogP) is 3.04. The minimum atomic E-state index is -0.204. The fourth-order valence-electron chi connectivity index (χ4n) is 1.51. The molecule has 18 heavy (non-hydrogen) atoms. The second-order valence-corrected chi connectivity index (χ2v) is 6.38. The molecular formula is C14H22FNOS. The number of benzene rings is 1. The molecule has 0 amide bonds. The minimum absolute atomic E-state index is 0.0180. The molecule has 0 heterocycles. The molecule has 1 aromatic rings. The molecule has 2 nitrogen and oxygen atoms in total. The van der Waals surface area contributed by atoms with Crippen LogP contribution in [0, 0.1) is 11.7 Å². The maximum Gasteiger partial charge on any atom is 0.137 e. The van der Waals surface area contributed by atoms with Crippen LogP contribution in [0.1, 0.15) is 26.3 Å². The van der Waals surface area contributed by atoms with Gasteiger partial charge in [0.15, 0.2) is 0 Å². The van der Waals surface area contributed by atoms with Gasteiger partial charge in [-0.2, -0.15) is 0 Å². The van der Waals surface area contributed by atoms with E-state index in [0.717, 1.165) is 12.1 Å². The van der Waals surface area contributed by atoms with Crippen molar-refractivity contribution < 1.29 is 9.50 Å². The van der Waals surface area contributed by atoms with Gasteiger partial charge in [-0.25, -0.2) is 4.39 Å². The van der Waals surface area contributed by atoms with Crippen LogP contribution in [0.5, 0.6) is 0 Å². The number of aliphatic hydroxyl groups is 1. The van der Waals surface area contributed by atoms with E-state index in [0.29, 0.717) is 17.4 Å². The average Bonchev–Trinajstić information content (AvgIpc) is 2.32. The average molecular weight is 271 g/mol. The molecule has 0 spiro atoms. The summed E-state index contributed by atoms with van der Waals surface area (Å²) in [5, 5.41) is 12.3. The summed E-state index contributed by atoms with van der Waals surface area (Å²) in [4.78, 5) is 0.601. The Morgan fingerprint density at radius 2 is 2.06 bits per heavy atom. The zero-order valence-corrected chi connectivity index (χ0v) is 12.1. The van der Waals surface area contributed by atoms with Gasteiger partial charge in [-0.15, -0.1) is 11.8 Å². The molecule has 1 rings (SSSR count). The summed E-state index contributed by atoms with van der Waals surface area (Å²) in [6.07, 6.45) is 0. The van der Waals surface area contributed by atoms with E-state index in [9.17, 15) is 4.39 Å². The number of hydrogen-bond acceptors (Lipinski definition) is 3. The van der Waals surface area contributed by atoms with Crippen LogP contribution in [-0.4, -0.2) is 23.5 Å². The molecule has 0 fully saturated rings. The Balaban J connectivity index is 2.56. The Labute approximate surface area is 113 Å². The molecule has 1 aromatic carbocycles. The van der Waals surface area contributed by atoms with Crippen molar-refractivity contribution in [2.24, 2.45) is 5.92 Å². The quantitative estimate of drug-likeness (QED) is 0.748. The summed E-state index contributed by atoms with van der Waals surface area (Å²) in [7, 11) is 0. The molecule has 1 unspecified atom stereocenters. The molecule has 0 bridgehead atoms. The van der Waals surface area contributed by atoms with E-state index in [1.807, 2.05) is 13.0 Å². The first kappa shape index (κ1) is 15.5. The highest BCUT2D eigenvalue weighted by atomic mass is 32.2. The molecule has 0 radical (unpaired) electrons. The molecule has 2 N–H and O–H groups in total. The Kier molecular flexibility index (Phi) is 6.68. The standard InChI is InChI=1S/C14H22FNOS/c1-10(2)7-16-8-12-4-5-14(13(15)6-12)18-11(3)9-17/h4-6,10-11,16-17H,7-9H2,1-3H3. The van der Waals surface area contributed by atoms with Gasteiger partial charge in [0.25, 0.3) is 0 Å². The van der Waals surface area contributed by atoms with E-state index in [4.69, 9.17) is 5.11 Å². The smallest absolute Gasteiger partial charge is 0.137 e. The Hall–Kier alpha value is -0.580. The second-order valence-electron chi connectivity index (χ2n) is 4.90. The van der Waals surface area contributed by atoms with Gasteiger partial charge in [0.1, 0.15) is 5.82 Å². The summed E-state index contributed by atoms with van der Waals surface area (Å²) in [5.41, 5.74) is 0.953. The highest BCUT2D eigenvalue weighted by Gasteiger charge is 2.08. The third-order valence-corrected chi connectivity index (χ3v) is 3.60. The van der Waals surface area contributed by atoms with Crippen molar-refractivity contribution >= 4 is 11.8 Å². The largest absolute Gasteiger partial charge is 0.395 e. The number of halogens is 1. The first-order valence-corrected chi connectivity index (χ1v) is 7.17. The third kappa shape index (κ3) is 5.38. The number of aliphatic hydroxyl groups excluding tert-OH is 1. The summed E-state index contributed by atoms with van der Waals surface area (Å²) in [6, 6.07) is 5.29. The molecule has 0 aliphatic rings. The highest BCUT2D eigenvalue weighted by Crippen LogP contribution is 2.26. The Morgan fingerprint density at radius 3 is 2.61 bits per heavy atom. The SMILES string of the molecule is CC(C)CNCc1ccc(SC(C)CO)c(F)c1. The van der Waals surface area contributed by atoms with Crippen LogP contribution >= 0.6 is 11.8 Å². The van der Waals surface area contributed by atoms with Gasteiger partial charge < -0.3 is 10.4 Å². The van der Waals surface area contributed by atoms with Crippen molar-refractivity contribution in [1.82, 2.24) is 5.32 Å².